The normalized spacial score (nSPS) is 24.9. The topological polar surface area (TPSA) is 29.5 Å². The fourth-order valence-electron chi connectivity index (χ4n) is 2.12. The summed E-state index contributed by atoms with van der Waals surface area (Å²) in [7, 11) is 0. The summed E-state index contributed by atoms with van der Waals surface area (Å²) >= 11 is 0. The molecule has 0 aromatic rings. The number of hydrogen-bond donors (Lipinski definition) is 0. The van der Waals surface area contributed by atoms with Crippen molar-refractivity contribution in [2.75, 3.05) is 19.7 Å². The molecule has 0 aromatic heterocycles. The van der Waals surface area contributed by atoms with E-state index in [0.29, 0.717) is 12.6 Å². The van der Waals surface area contributed by atoms with Gasteiger partial charge in [0, 0.05) is 12.6 Å². The highest BCUT2D eigenvalue weighted by molar-refractivity contribution is 5.72. The van der Waals surface area contributed by atoms with Crippen molar-refractivity contribution in [2.45, 2.75) is 46.1 Å². The van der Waals surface area contributed by atoms with Gasteiger partial charge < -0.3 is 4.74 Å². The van der Waals surface area contributed by atoms with Gasteiger partial charge in [-0.25, -0.2) is 0 Å². The van der Waals surface area contributed by atoms with E-state index in [-0.39, 0.29) is 11.9 Å². The zero-order valence-corrected chi connectivity index (χ0v) is 10.2. The Morgan fingerprint density at radius 2 is 2.27 bits per heavy atom. The molecule has 0 spiro atoms. The quantitative estimate of drug-likeness (QED) is 0.669. The Morgan fingerprint density at radius 3 is 2.87 bits per heavy atom. The molecule has 1 fully saturated rings. The van der Waals surface area contributed by atoms with Crippen LogP contribution in [0.5, 0.6) is 0 Å². The van der Waals surface area contributed by atoms with Crippen molar-refractivity contribution < 1.29 is 9.53 Å². The molecule has 1 aliphatic heterocycles. The minimum atomic E-state index is -0.00879. The van der Waals surface area contributed by atoms with Gasteiger partial charge >= 0.3 is 5.97 Å². The van der Waals surface area contributed by atoms with E-state index in [9.17, 15) is 4.79 Å². The van der Waals surface area contributed by atoms with E-state index in [0.717, 1.165) is 32.4 Å². The van der Waals surface area contributed by atoms with Crippen LogP contribution in [0, 0.1) is 5.92 Å². The van der Waals surface area contributed by atoms with E-state index in [4.69, 9.17) is 4.74 Å². The third-order valence-corrected chi connectivity index (χ3v) is 3.29. The summed E-state index contributed by atoms with van der Waals surface area (Å²) < 4.78 is 5.08. The first-order valence-electron chi connectivity index (χ1n) is 6.09. The first kappa shape index (κ1) is 12.5. The van der Waals surface area contributed by atoms with Crippen molar-refractivity contribution in [1.29, 1.82) is 0 Å². The largest absolute Gasteiger partial charge is 0.466 e. The molecule has 2 atom stereocenters. The number of carbonyl (C=O) groups is 1. The Labute approximate surface area is 92.8 Å². The SMILES string of the molecule is CCOC(=O)C1CCCN(C(C)CC)C1. The summed E-state index contributed by atoms with van der Waals surface area (Å²) in [6, 6.07) is 0.585. The maximum Gasteiger partial charge on any atom is 0.310 e. The number of nitrogens with zero attached hydrogens (tertiary/aromatic N) is 1. The molecule has 0 amide bonds. The number of likely N-dealkylation sites (tertiary alicyclic amines) is 1. The van der Waals surface area contributed by atoms with Crippen LogP contribution >= 0.6 is 0 Å². The second kappa shape index (κ2) is 6.11. The maximum absolute atomic E-state index is 11.6. The molecule has 0 saturated carbocycles. The van der Waals surface area contributed by atoms with Crippen molar-refractivity contribution in [1.82, 2.24) is 4.90 Å². The van der Waals surface area contributed by atoms with Crippen molar-refractivity contribution in [3.05, 3.63) is 0 Å². The van der Waals surface area contributed by atoms with Crippen LogP contribution in [0.2, 0.25) is 0 Å². The number of carbonyl (C=O) groups excluding carboxylic acids is 1. The minimum Gasteiger partial charge on any atom is -0.466 e. The number of rotatable bonds is 4. The van der Waals surface area contributed by atoms with Crippen LogP contribution in [0.3, 0.4) is 0 Å². The summed E-state index contributed by atoms with van der Waals surface area (Å²) in [6.45, 7) is 8.80. The number of ether oxygens (including phenoxy) is 1. The molecule has 1 aliphatic rings. The van der Waals surface area contributed by atoms with Gasteiger partial charge in [0.15, 0.2) is 0 Å². The molecule has 0 N–H and O–H groups in total. The summed E-state index contributed by atoms with van der Waals surface area (Å²) in [5.41, 5.74) is 0. The zero-order chi connectivity index (χ0) is 11.3. The standard InChI is InChI=1S/C12H23NO2/c1-4-10(3)13-8-6-7-11(9-13)12(14)15-5-2/h10-11H,4-9H2,1-3H3. The van der Waals surface area contributed by atoms with Crippen LogP contribution in [0.25, 0.3) is 0 Å². The van der Waals surface area contributed by atoms with Gasteiger partial charge in [-0.05, 0) is 39.7 Å². The highest BCUT2D eigenvalue weighted by Crippen LogP contribution is 2.20. The second-order valence-electron chi connectivity index (χ2n) is 4.34. The van der Waals surface area contributed by atoms with Crippen LogP contribution in [0.4, 0.5) is 0 Å². The van der Waals surface area contributed by atoms with Crippen LogP contribution in [0.1, 0.15) is 40.0 Å². The molecule has 0 aromatic carbocycles. The lowest BCUT2D eigenvalue weighted by atomic mass is 9.96. The van der Waals surface area contributed by atoms with Gasteiger partial charge in [-0.15, -0.1) is 0 Å². The Balaban J connectivity index is 2.44. The molecule has 3 heteroatoms. The van der Waals surface area contributed by atoms with E-state index < -0.39 is 0 Å². The Bertz CT molecular complexity index is 206. The Kier molecular flexibility index (Phi) is 5.09. The van der Waals surface area contributed by atoms with E-state index in [1.54, 1.807) is 0 Å². The Morgan fingerprint density at radius 1 is 1.53 bits per heavy atom. The number of piperidine rings is 1. The lowest BCUT2D eigenvalue weighted by Gasteiger charge is -2.35. The summed E-state index contributed by atoms with van der Waals surface area (Å²) in [6.07, 6.45) is 3.26. The van der Waals surface area contributed by atoms with Crippen molar-refractivity contribution in [3.8, 4) is 0 Å². The van der Waals surface area contributed by atoms with Gasteiger partial charge in [0.1, 0.15) is 0 Å². The highest BCUT2D eigenvalue weighted by Gasteiger charge is 2.28. The predicted molar refractivity (Wildman–Crippen MR) is 60.7 cm³/mol. The van der Waals surface area contributed by atoms with Crippen molar-refractivity contribution in [2.24, 2.45) is 5.92 Å². The van der Waals surface area contributed by atoms with Gasteiger partial charge in [-0.3, -0.25) is 9.69 Å². The first-order valence-corrected chi connectivity index (χ1v) is 6.09. The molecule has 0 aliphatic carbocycles. The number of esters is 1. The monoisotopic (exact) mass is 213 g/mol. The van der Waals surface area contributed by atoms with Crippen LogP contribution < -0.4 is 0 Å². The van der Waals surface area contributed by atoms with Gasteiger partial charge in [0.05, 0.1) is 12.5 Å². The first-order chi connectivity index (χ1) is 7.19. The summed E-state index contributed by atoms with van der Waals surface area (Å²) in [5, 5.41) is 0. The smallest absolute Gasteiger partial charge is 0.310 e. The average Bonchev–Trinajstić information content (AvgIpc) is 2.28. The fraction of sp³-hybridized carbons (Fsp3) is 0.917. The third kappa shape index (κ3) is 3.49. The second-order valence-corrected chi connectivity index (χ2v) is 4.34. The summed E-state index contributed by atoms with van der Waals surface area (Å²) in [4.78, 5) is 14.0. The van der Waals surface area contributed by atoms with E-state index in [1.807, 2.05) is 6.92 Å². The van der Waals surface area contributed by atoms with Crippen molar-refractivity contribution in [3.63, 3.8) is 0 Å². The maximum atomic E-state index is 11.6. The van der Waals surface area contributed by atoms with E-state index in [2.05, 4.69) is 18.7 Å². The Hall–Kier alpha value is -0.570. The lowest BCUT2D eigenvalue weighted by Crippen LogP contribution is -2.43. The molecule has 1 rings (SSSR count). The van der Waals surface area contributed by atoms with E-state index >= 15 is 0 Å². The van der Waals surface area contributed by atoms with Gasteiger partial charge in [-0.1, -0.05) is 6.92 Å². The van der Waals surface area contributed by atoms with E-state index in [1.165, 1.54) is 0 Å². The summed E-state index contributed by atoms with van der Waals surface area (Å²) in [5.74, 6) is 0.0956. The van der Waals surface area contributed by atoms with Crippen LogP contribution in [0.15, 0.2) is 0 Å². The number of hydrogen-bond acceptors (Lipinski definition) is 3. The third-order valence-electron chi connectivity index (χ3n) is 3.29. The molecular weight excluding hydrogens is 190 g/mol. The molecule has 1 saturated heterocycles. The minimum absolute atomic E-state index is 0.00879. The molecule has 2 unspecified atom stereocenters. The predicted octanol–water partition coefficient (Wildman–Crippen LogP) is 2.06. The van der Waals surface area contributed by atoms with Gasteiger partial charge in [-0.2, -0.15) is 0 Å². The molecule has 88 valence electrons. The van der Waals surface area contributed by atoms with Crippen molar-refractivity contribution >= 4 is 5.97 Å². The highest BCUT2D eigenvalue weighted by atomic mass is 16.5. The fourth-order valence-corrected chi connectivity index (χ4v) is 2.12. The lowest BCUT2D eigenvalue weighted by molar-refractivity contribution is -0.150. The average molecular weight is 213 g/mol. The van der Waals surface area contributed by atoms with Crippen LogP contribution in [-0.4, -0.2) is 36.6 Å². The molecule has 1 heterocycles. The van der Waals surface area contributed by atoms with Crippen LogP contribution in [-0.2, 0) is 9.53 Å². The zero-order valence-electron chi connectivity index (χ0n) is 10.2. The van der Waals surface area contributed by atoms with Gasteiger partial charge in [0.2, 0.25) is 0 Å². The molecule has 3 nitrogen and oxygen atoms in total. The molecule has 0 radical (unpaired) electrons. The molecular formula is C12H23NO2. The molecule has 15 heavy (non-hydrogen) atoms. The van der Waals surface area contributed by atoms with Gasteiger partial charge in [0.25, 0.3) is 0 Å². The molecule has 0 bridgehead atoms.